The van der Waals surface area contributed by atoms with E-state index in [2.05, 4.69) is 5.32 Å². The first-order valence-electron chi connectivity index (χ1n) is 8.17. The zero-order valence-corrected chi connectivity index (χ0v) is 16.5. The Morgan fingerprint density at radius 1 is 1.22 bits per heavy atom. The molecule has 9 heteroatoms. The van der Waals surface area contributed by atoms with Gasteiger partial charge in [0.1, 0.15) is 11.4 Å². The summed E-state index contributed by atoms with van der Waals surface area (Å²) in [6, 6.07) is 11.3. The minimum Gasteiger partial charge on any atom is -0.496 e. The molecule has 8 nitrogen and oxygen atoms in total. The molecule has 1 N–H and O–H groups in total. The van der Waals surface area contributed by atoms with Gasteiger partial charge in [-0.3, -0.25) is 10.1 Å². The molecule has 0 saturated carbocycles. The van der Waals surface area contributed by atoms with E-state index >= 15 is 0 Å². The van der Waals surface area contributed by atoms with E-state index in [1.54, 1.807) is 7.11 Å². The highest BCUT2D eigenvalue weighted by molar-refractivity contribution is 7.90. The summed E-state index contributed by atoms with van der Waals surface area (Å²) in [6.07, 6.45) is 1.02. The first-order valence-corrected chi connectivity index (χ1v) is 10.1. The fourth-order valence-electron chi connectivity index (χ4n) is 2.76. The molecule has 1 unspecified atom stereocenters. The number of anilines is 1. The number of nitro benzene ring substituents is 1. The second-order valence-corrected chi connectivity index (χ2v) is 8.33. The largest absolute Gasteiger partial charge is 0.496 e. The fourth-order valence-corrected chi connectivity index (χ4v) is 3.40. The van der Waals surface area contributed by atoms with Crippen molar-refractivity contribution >= 4 is 21.2 Å². The molecule has 1 atom stereocenters. The van der Waals surface area contributed by atoms with Gasteiger partial charge in [-0.25, -0.2) is 8.42 Å². The quantitative estimate of drug-likeness (QED) is 0.543. The van der Waals surface area contributed by atoms with Crippen molar-refractivity contribution < 1.29 is 18.1 Å². The molecular formula is C18H23N3O5S. The van der Waals surface area contributed by atoms with E-state index in [-0.39, 0.29) is 22.3 Å². The third-order valence-corrected chi connectivity index (χ3v) is 5.31. The van der Waals surface area contributed by atoms with Crippen LogP contribution in [0.4, 0.5) is 11.4 Å². The number of nitrogens with zero attached hydrogens (tertiary/aromatic N) is 2. The highest BCUT2D eigenvalue weighted by atomic mass is 32.2. The maximum Gasteiger partial charge on any atom is 0.293 e. The molecule has 0 amide bonds. The number of hydrogen-bond donors (Lipinski definition) is 1. The molecule has 0 aliphatic carbocycles. The summed E-state index contributed by atoms with van der Waals surface area (Å²) in [5, 5.41) is 14.5. The van der Waals surface area contributed by atoms with Crippen LogP contribution in [0, 0.1) is 10.1 Å². The van der Waals surface area contributed by atoms with Crippen LogP contribution >= 0.6 is 0 Å². The summed E-state index contributed by atoms with van der Waals surface area (Å²) >= 11 is 0. The molecule has 0 aromatic heterocycles. The van der Waals surface area contributed by atoms with Crippen LogP contribution < -0.4 is 10.1 Å². The molecule has 0 heterocycles. The lowest BCUT2D eigenvalue weighted by atomic mass is 10.0. The van der Waals surface area contributed by atoms with Gasteiger partial charge in [-0.2, -0.15) is 0 Å². The molecule has 27 heavy (non-hydrogen) atoms. The Balaban J connectivity index is 2.34. The van der Waals surface area contributed by atoms with Crippen LogP contribution in [0.15, 0.2) is 47.4 Å². The van der Waals surface area contributed by atoms with E-state index in [4.69, 9.17) is 4.74 Å². The van der Waals surface area contributed by atoms with Crippen molar-refractivity contribution in [1.29, 1.82) is 0 Å². The Morgan fingerprint density at radius 3 is 2.44 bits per heavy atom. The van der Waals surface area contributed by atoms with Gasteiger partial charge in [0.15, 0.2) is 9.84 Å². The Hall–Kier alpha value is -2.65. The number of benzene rings is 2. The van der Waals surface area contributed by atoms with E-state index in [0.29, 0.717) is 6.54 Å². The number of methoxy groups -OCH3 is 1. The lowest BCUT2D eigenvalue weighted by molar-refractivity contribution is -0.384. The molecule has 2 aromatic carbocycles. The zero-order valence-electron chi connectivity index (χ0n) is 15.7. The van der Waals surface area contributed by atoms with Gasteiger partial charge in [0.2, 0.25) is 0 Å². The van der Waals surface area contributed by atoms with Gasteiger partial charge in [0.05, 0.1) is 23.0 Å². The van der Waals surface area contributed by atoms with Crippen LogP contribution in [0.3, 0.4) is 0 Å². The fraction of sp³-hybridized carbons (Fsp3) is 0.333. The summed E-state index contributed by atoms with van der Waals surface area (Å²) in [4.78, 5) is 12.7. The second-order valence-electron chi connectivity index (χ2n) is 6.31. The van der Waals surface area contributed by atoms with Crippen LogP contribution in [0.1, 0.15) is 11.6 Å². The van der Waals surface area contributed by atoms with Crippen LogP contribution in [-0.2, 0) is 9.84 Å². The summed E-state index contributed by atoms with van der Waals surface area (Å²) < 4.78 is 28.7. The lowest BCUT2D eigenvalue weighted by Gasteiger charge is -2.27. The van der Waals surface area contributed by atoms with Gasteiger partial charge in [0.25, 0.3) is 5.69 Å². The molecular weight excluding hydrogens is 370 g/mol. The minimum absolute atomic E-state index is 0.0892. The van der Waals surface area contributed by atoms with E-state index < -0.39 is 14.8 Å². The monoisotopic (exact) mass is 393 g/mol. The van der Waals surface area contributed by atoms with Crippen LogP contribution in [0.25, 0.3) is 0 Å². The molecule has 0 aliphatic heterocycles. The average molecular weight is 393 g/mol. The van der Waals surface area contributed by atoms with Crippen molar-refractivity contribution in [1.82, 2.24) is 4.90 Å². The molecule has 0 saturated heterocycles. The summed E-state index contributed by atoms with van der Waals surface area (Å²) in [6.45, 7) is 0.367. The van der Waals surface area contributed by atoms with Crippen molar-refractivity contribution in [3.63, 3.8) is 0 Å². The SMILES string of the molecule is COc1ccccc1C(CNc1ccc(S(C)(=O)=O)cc1[N+](=O)[O-])N(C)C. The zero-order chi connectivity index (χ0) is 20.2. The first kappa shape index (κ1) is 20.7. The standard InChI is InChI=1S/C18H23N3O5S/c1-20(2)17(14-7-5-6-8-18(14)26-3)12-19-15-10-9-13(27(4,24)25)11-16(15)21(22)23/h5-11,17,19H,12H2,1-4H3. The summed E-state index contributed by atoms with van der Waals surface area (Å²) in [5.41, 5.74) is 0.914. The van der Waals surface area contributed by atoms with E-state index in [0.717, 1.165) is 23.6 Å². The third kappa shape index (κ3) is 4.95. The topological polar surface area (TPSA) is 102 Å². The second kappa shape index (κ2) is 8.36. The van der Waals surface area contributed by atoms with E-state index in [1.807, 2.05) is 43.3 Å². The minimum atomic E-state index is -3.53. The molecule has 0 fully saturated rings. The highest BCUT2D eigenvalue weighted by Crippen LogP contribution is 2.31. The number of rotatable bonds is 8. The van der Waals surface area contributed by atoms with Crippen molar-refractivity contribution in [3.8, 4) is 5.75 Å². The van der Waals surface area contributed by atoms with Crippen molar-refractivity contribution in [2.45, 2.75) is 10.9 Å². The number of nitro groups is 1. The molecule has 0 radical (unpaired) electrons. The number of hydrogen-bond acceptors (Lipinski definition) is 7. The predicted molar refractivity (Wildman–Crippen MR) is 104 cm³/mol. The van der Waals surface area contributed by atoms with Gasteiger partial charge in [-0.05, 0) is 32.3 Å². The molecule has 0 bridgehead atoms. The van der Waals surface area contributed by atoms with Gasteiger partial charge in [0, 0.05) is 24.4 Å². The Labute approximate surface area is 158 Å². The number of likely N-dealkylation sites (N-methyl/N-ethyl adjacent to an activating group) is 1. The normalized spacial score (nSPS) is 12.6. The van der Waals surface area contributed by atoms with Crippen molar-refractivity contribution in [2.24, 2.45) is 0 Å². The Morgan fingerprint density at radius 2 is 1.89 bits per heavy atom. The molecule has 0 spiro atoms. The van der Waals surface area contributed by atoms with E-state index in [1.165, 1.54) is 12.1 Å². The van der Waals surface area contributed by atoms with Gasteiger partial charge in [-0.15, -0.1) is 0 Å². The van der Waals surface area contributed by atoms with Gasteiger partial charge < -0.3 is 15.0 Å². The molecule has 0 aliphatic rings. The predicted octanol–water partition coefficient (Wildman–Crippen LogP) is 2.72. The van der Waals surface area contributed by atoms with Gasteiger partial charge >= 0.3 is 0 Å². The number of para-hydroxylation sites is 1. The smallest absolute Gasteiger partial charge is 0.293 e. The third-order valence-electron chi connectivity index (χ3n) is 4.20. The number of sulfone groups is 1. The number of ether oxygens (including phenoxy) is 1. The Kier molecular flexibility index (Phi) is 6.40. The number of nitrogens with one attached hydrogen (secondary N) is 1. The highest BCUT2D eigenvalue weighted by Gasteiger charge is 2.22. The average Bonchev–Trinajstić information content (AvgIpc) is 2.61. The summed E-state index contributed by atoms with van der Waals surface area (Å²) in [5.74, 6) is 0.722. The molecule has 146 valence electrons. The van der Waals surface area contributed by atoms with E-state index in [9.17, 15) is 18.5 Å². The maximum absolute atomic E-state index is 11.7. The van der Waals surface area contributed by atoms with Crippen LogP contribution in [0.5, 0.6) is 5.75 Å². The first-order chi connectivity index (χ1) is 12.6. The van der Waals surface area contributed by atoms with Crippen molar-refractivity contribution in [3.05, 3.63) is 58.1 Å². The van der Waals surface area contributed by atoms with Crippen LogP contribution in [-0.4, -0.2) is 52.2 Å². The molecule has 2 aromatic rings. The summed E-state index contributed by atoms with van der Waals surface area (Å²) in [7, 11) is 1.87. The molecule has 2 rings (SSSR count). The Bertz CT molecular complexity index is 928. The maximum atomic E-state index is 11.7. The lowest BCUT2D eigenvalue weighted by Crippen LogP contribution is -2.27. The van der Waals surface area contributed by atoms with Crippen molar-refractivity contribution in [2.75, 3.05) is 39.3 Å². The van der Waals surface area contributed by atoms with Crippen LogP contribution in [0.2, 0.25) is 0 Å². The van der Waals surface area contributed by atoms with Gasteiger partial charge in [-0.1, -0.05) is 18.2 Å².